The van der Waals surface area contributed by atoms with Crippen molar-refractivity contribution in [2.24, 2.45) is 0 Å². The number of nitrogens with zero attached hydrogens (tertiary/aromatic N) is 1. The van der Waals surface area contributed by atoms with Gasteiger partial charge < -0.3 is 14.4 Å². The van der Waals surface area contributed by atoms with Crippen molar-refractivity contribution in [1.82, 2.24) is 9.62 Å². The molecule has 1 aliphatic rings. The van der Waals surface area contributed by atoms with Crippen molar-refractivity contribution in [3.8, 4) is 11.5 Å². The van der Waals surface area contributed by atoms with Crippen molar-refractivity contribution in [2.45, 2.75) is 17.9 Å². The second-order valence-electron chi connectivity index (χ2n) is 6.04. The van der Waals surface area contributed by atoms with Crippen molar-refractivity contribution in [3.05, 3.63) is 52.5 Å². The zero-order valence-electron chi connectivity index (χ0n) is 14.6. The molecule has 1 aliphatic heterocycles. The lowest BCUT2D eigenvalue weighted by atomic mass is 10.2. The molecule has 7 nitrogen and oxygen atoms in total. The summed E-state index contributed by atoms with van der Waals surface area (Å²) in [6.45, 7) is 0.624. The molecule has 9 heteroatoms. The number of hydrogen-bond donors (Lipinski definition) is 1. The molecule has 0 aromatic heterocycles. The number of hydrogen-bond acceptors (Lipinski definition) is 5. The monoisotopic (exact) mass is 454 g/mol. The molecule has 1 amide bonds. The van der Waals surface area contributed by atoms with Gasteiger partial charge in [-0.3, -0.25) is 4.79 Å². The number of nitrogens with one attached hydrogen (secondary N) is 1. The molecule has 1 heterocycles. The van der Waals surface area contributed by atoms with Gasteiger partial charge in [0.05, 0.1) is 4.90 Å². The average Bonchev–Trinajstić information content (AvgIpc) is 3.09. The maximum absolute atomic E-state index is 12.3. The van der Waals surface area contributed by atoms with Gasteiger partial charge in [0.1, 0.15) is 0 Å². The molecule has 0 saturated heterocycles. The summed E-state index contributed by atoms with van der Waals surface area (Å²) in [5, 5.41) is 0. The van der Waals surface area contributed by atoms with Gasteiger partial charge >= 0.3 is 0 Å². The van der Waals surface area contributed by atoms with Crippen LogP contribution < -0.4 is 14.2 Å². The van der Waals surface area contributed by atoms with Gasteiger partial charge in [-0.2, -0.15) is 0 Å². The number of carbonyl (C=O) groups is 1. The minimum atomic E-state index is -3.65. The van der Waals surface area contributed by atoms with Gasteiger partial charge in [0.2, 0.25) is 22.7 Å². The summed E-state index contributed by atoms with van der Waals surface area (Å²) in [5.74, 6) is 1.19. The van der Waals surface area contributed by atoms with Gasteiger partial charge in [0.25, 0.3) is 0 Å². The number of rotatable bonds is 7. The lowest BCUT2D eigenvalue weighted by molar-refractivity contribution is -0.130. The van der Waals surface area contributed by atoms with Crippen LogP contribution in [0.5, 0.6) is 11.5 Å². The van der Waals surface area contributed by atoms with Gasteiger partial charge in [0, 0.05) is 31.0 Å². The summed E-state index contributed by atoms with van der Waals surface area (Å²) in [7, 11) is -1.97. The molecule has 0 bridgehead atoms. The maximum Gasteiger partial charge on any atom is 0.240 e. The first kappa shape index (κ1) is 19.7. The Hall–Kier alpha value is -2.10. The molecule has 0 aliphatic carbocycles. The molecule has 27 heavy (non-hydrogen) atoms. The predicted molar refractivity (Wildman–Crippen MR) is 103 cm³/mol. The van der Waals surface area contributed by atoms with Crippen LogP contribution in [0.25, 0.3) is 0 Å². The van der Waals surface area contributed by atoms with Crippen molar-refractivity contribution in [3.63, 3.8) is 0 Å². The molecule has 144 valence electrons. The third-order valence-electron chi connectivity index (χ3n) is 4.02. The summed E-state index contributed by atoms with van der Waals surface area (Å²) in [6, 6.07) is 11.9. The van der Waals surface area contributed by atoms with Crippen molar-refractivity contribution >= 4 is 31.9 Å². The zero-order valence-corrected chi connectivity index (χ0v) is 17.0. The Balaban J connectivity index is 1.51. The molecule has 0 radical (unpaired) electrons. The lowest BCUT2D eigenvalue weighted by Gasteiger charge is -2.17. The number of ether oxygens (including phenoxy) is 2. The average molecular weight is 455 g/mol. The highest BCUT2D eigenvalue weighted by Gasteiger charge is 2.17. The van der Waals surface area contributed by atoms with Gasteiger partial charge in [-0.05, 0) is 35.9 Å². The second-order valence-corrected chi connectivity index (χ2v) is 8.73. The lowest BCUT2D eigenvalue weighted by Crippen LogP contribution is -2.31. The first-order valence-electron chi connectivity index (χ1n) is 8.23. The third kappa shape index (κ3) is 5.00. The quantitative estimate of drug-likeness (QED) is 0.694. The highest BCUT2D eigenvalue weighted by atomic mass is 79.9. The van der Waals surface area contributed by atoms with Gasteiger partial charge in [0.15, 0.2) is 11.5 Å². The summed E-state index contributed by atoms with van der Waals surface area (Å²) in [4.78, 5) is 14.0. The molecule has 3 rings (SSSR count). The van der Waals surface area contributed by atoms with E-state index in [-0.39, 0.29) is 30.6 Å². The van der Waals surface area contributed by atoms with E-state index in [1.54, 1.807) is 24.1 Å². The molecule has 2 aromatic carbocycles. The van der Waals surface area contributed by atoms with Crippen LogP contribution in [0.15, 0.2) is 51.8 Å². The number of sulfonamides is 1. The van der Waals surface area contributed by atoms with Gasteiger partial charge in [-0.1, -0.05) is 28.1 Å². The summed E-state index contributed by atoms with van der Waals surface area (Å²) in [6.07, 6.45) is 0.0638. The van der Waals surface area contributed by atoms with E-state index in [1.807, 2.05) is 18.2 Å². The van der Waals surface area contributed by atoms with Crippen LogP contribution in [0.3, 0.4) is 0 Å². The highest BCUT2D eigenvalue weighted by molar-refractivity contribution is 9.10. The molecular formula is C18H19BrN2O5S. The molecule has 2 aromatic rings. The van der Waals surface area contributed by atoms with Crippen molar-refractivity contribution in [2.75, 3.05) is 20.4 Å². The normalized spacial score (nSPS) is 12.8. The molecule has 0 atom stereocenters. The minimum absolute atomic E-state index is 0.0269. The summed E-state index contributed by atoms with van der Waals surface area (Å²) < 4.78 is 38.2. The zero-order chi connectivity index (χ0) is 19.4. The highest BCUT2D eigenvalue weighted by Crippen LogP contribution is 2.32. The van der Waals surface area contributed by atoms with E-state index in [4.69, 9.17) is 9.47 Å². The number of benzene rings is 2. The van der Waals surface area contributed by atoms with Gasteiger partial charge in [-0.15, -0.1) is 0 Å². The van der Waals surface area contributed by atoms with Crippen LogP contribution in [0.2, 0.25) is 0 Å². The molecule has 0 unspecified atom stereocenters. The topological polar surface area (TPSA) is 84.9 Å². The fraction of sp³-hybridized carbons (Fsp3) is 0.278. The van der Waals surface area contributed by atoms with Crippen LogP contribution in [0.4, 0.5) is 0 Å². The first-order valence-corrected chi connectivity index (χ1v) is 10.5. The van der Waals surface area contributed by atoms with Crippen LogP contribution in [0.1, 0.15) is 12.0 Å². The number of fused-ring (bicyclic) bond motifs is 1. The fourth-order valence-corrected chi connectivity index (χ4v) is 4.23. The predicted octanol–water partition coefficient (Wildman–Crippen LogP) is 2.50. The Kier molecular flexibility index (Phi) is 6.03. The van der Waals surface area contributed by atoms with Crippen LogP contribution in [-0.2, 0) is 21.4 Å². The van der Waals surface area contributed by atoms with E-state index in [0.717, 1.165) is 5.56 Å². The maximum atomic E-state index is 12.3. The van der Waals surface area contributed by atoms with E-state index in [0.29, 0.717) is 22.5 Å². The van der Waals surface area contributed by atoms with Crippen LogP contribution >= 0.6 is 15.9 Å². The van der Waals surface area contributed by atoms with Gasteiger partial charge in [-0.25, -0.2) is 13.1 Å². The number of halogens is 1. The number of carbonyl (C=O) groups excluding carboxylic acids is 1. The minimum Gasteiger partial charge on any atom is -0.454 e. The Labute approximate surface area is 166 Å². The SMILES string of the molecule is CN(Cc1ccc2c(c1)OCO2)C(=O)CCNS(=O)(=O)c1cccc(Br)c1. The van der Waals surface area contributed by atoms with E-state index < -0.39 is 10.0 Å². The second kappa shape index (κ2) is 8.28. The Morgan fingerprint density at radius 2 is 1.96 bits per heavy atom. The fourth-order valence-electron chi connectivity index (χ4n) is 2.60. The Morgan fingerprint density at radius 1 is 1.19 bits per heavy atom. The van der Waals surface area contributed by atoms with Crippen LogP contribution in [0, 0.1) is 0 Å². The Morgan fingerprint density at radius 3 is 2.74 bits per heavy atom. The largest absolute Gasteiger partial charge is 0.454 e. The standard InChI is InChI=1S/C18H19BrN2O5S/c1-21(11-13-5-6-16-17(9-13)26-12-25-16)18(22)7-8-20-27(23,24)15-4-2-3-14(19)10-15/h2-6,9-10,20H,7-8,11-12H2,1H3. The smallest absolute Gasteiger partial charge is 0.240 e. The van der Waals surface area contributed by atoms with E-state index in [2.05, 4.69) is 20.7 Å². The third-order valence-corrected chi connectivity index (χ3v) is 5.97. The van der Waals surface area contributed by atoms with Crippen molar-refractivity contribution < 1.29 is 22.7 Å². The molecule has 0 saturated carbocycles. The number of amides is 1. The van der Waals surface area contributed by atoms with Crippen LogP contribution in [-0.4, -0.2) is 39.6 Å². The summed E-state index contributed by atoms with van der Waals surface area (Å²) in [5.41, 5.74) is 0.907. The molecule has 1 N–H and O–H groups in total. The first-order chi connectivity index (χ1) is 12.8. The molecule has 0 spiro atoms. The Bertz CT molecular complexity index is 949. The van der Waals surface area contributed by atoms with E-state index in [1.165, 1.54) is 12.1 Å². The van der Waals surface area contributed by atoms with E-state index in [9.17, 15) is 13.2 Å². The summed E-state index contributed by atoms with van der Waals surface area (Å²) >= 11 is 3.25. The molecule has 0 fully saturated rings. The van der Waals surface area contributed by atoms with E-state index >= 15 is 0 Å². The van der Waals surface area contributed by atoms with Crippen molar-refractivity contribution in [1.29, 1.82) is 0 Å². The molecular weight excluding hydrogens is 436 g/mol.